The number of nitrogens with zero attached hydrogens (tertiary/aromatic N) is 2. The van der Waals surface area contributed by atoms with Crippen LogP contribution in [-0.4, -0.2) is 40.5 Å². The highest BCUT2D eigenvalue weighted by Crippen LogP contribution is 2.35. The zero-order valence-electron chi connectivity index (χ0n) is 20.3. The molecule has 0 bridgehead atoms. The van der Waals surface area contributed by atoms with Crippen LogP contribution in [0.25, 0.3) is 15.9 Å². The van der Waals surface area contributed by atoms with Gasteiger partial charge in [-0.05, 0) is 74.6 Å². The number of amides is 1. The van der Waals surface area contributed by atoms with E-state index in [9.17, 15) is 9.59 Å². The topological polar surface area (TPSA) is 73.2 Å². The van der Waals surface area contributed by atoms with Crippen molar-refractivity contribution in [3.8, 4) is 5.69 Å². The monoisotopic (exact) mass is 511 g/mol. The number of carbonyl (C=O) groups excluding carboxylic acids is 1. The normalized spacial score (nSPS) is 17.6. The molecule has 2 aromatic heterocycles. The molecule has 1 aromatic carbocycles. The SMILES string of the molecule is CCCCc1ccc(-n2c(SCC(=O)NC[C@@H]3CCCO3)nc3sc4c(c3c2=O)CCCC4)cc1. The van der Waals surface area contributed by atoms with Crippen molar-refractivity contribution in [3.05, 3.63) is 50.6 Å². The van der Waals surface area contributed by atoms with Crippen molar-refractivity contribution in [2.24, 2.45) is 0 Å². The quantitative estimate of drug-likeness (QED) is 0.321. The van der Waals surface area contributed by atoms with Gasteiger partial charge in [-0.15, -0.1) is 11.3 Å². The minimum Gasteiger partial charge on any atom is -0.376 e. The van der Waals surface area contributed by atoms with E-state index in [1.54, 1.807) is 15.9 Å². The molecular weight excluding hydrogens is 478 g/mol. The number of nitrogens with one attached hydrogen (secondary N) is 1. The zero-order valence-corrected chi connectivity index (χ0v) is 21.9. The van der Waals surface area contributed by atoms with Gasteiger partial charge >= 0.3 is 0 Å². The molecule has 0 unspecified atom stereocenters. The molecule has 0 radical (unpaired) electrons. The highest BCUT2D eigenvalue weighted by Gasteiger charge is 2.23. The van der Waals surface area contributed by atoms with E-state index in [1.807, 2.05) is 12.1 Å². The number of fused-ring (bicyclic) bond motifs is 3. The van der Waals surface area contributed by atoms with Crippen LogP contribution in [0.4, 0.5) is 0 Å². The van der Waals surface area contributed by atoms with Gasteiger partial charge in [0.25, 0.3) is 5.56 Å². The van der Waals surface area contributed by atoms with Gasteiger partial charge in [0.2, 0.25) is 5.91 Å². The van der Waals surface area contributed by atoms with Crippen molar-refractivity contribution in [3.63, 3.8) is 0 Å². The molecule has 1 saturated heterocycles. The lowest BCUT2D eigenvalue weighted by Crippen LogP contribution is -2.33. The summed E-state index contributed by atoms with van der Waals surface area (Å²) in [6, 6.07) is 8.24. The first-order valence-corrected chi connectivity index (χ1v) is 14.6. The fraction of sp³-hybridized carbons (Fsp3) is 0.519. The molecule has 8 heteroatoms. The van der Waals surface area contributed by atoms with E-state index in [0.29, 0.717) is 11.7 Å². The summed E-state index contributed by atoms with van der Waals surface area (Å²) in [4.78, 5) is 33.5. The Balaban J connectivity index is 1.45. The number of hydrogen-bond acceptors (Lipinski definition) is 6. The Hall–Kier alpha value is -2.16. The number of benzene rings is 1. The second-order valence-corrected chi connectivity index (χ2v) is 11.4. The first kappa shape index (κ1) is 24.5. The van der Waals surface area contributed by atoms with Crippen molar-refractivity contribution >= 4 is 39.2 Å². The standard InChI is InChI=1S/C27H33N3O3S2/c1-2-3-7-18-11-13-19(14-12-18)30-26(32)24-21-9-4-5-10-22(21)35-25(24)29-27(30)34-17-23(31)28-16-20-8-6-15-33-20/h11-14,20H,2-10,15-17H2,1H3,(H,28,31)/t20-/m0/s1. The first-order valence-electron chi connectivity index (χ1n) is 12.8. The van der Waals surface area contributed by atoms with Gasteiger partial charge in [-0.3, -0.25) is 14.2 Å². The molecule has 186 valence electrons. The van der Waals surface area contributed by atoms with E-state index >= 15 is 0 Å². The molecule has 35 heavy (non-hydrogen) atoms. The predicted octanol–water partition coefficient (Wildman–Crippen LogP) is 5.06. The van der Waals surface area contributed by atoms with Crippen LogP contribution >= 0.6 is 23.1 Å². The maximum atomic E-state index is 13.9. The first-order chi connectivity index (χ1) is 17.1. The fourth-order valence-corrected chi connectivity index (χ4v) is 7.06. The Labute approximate surface area is 214 Å². The van der Waals surface area contributed by atoms with Gasteiger partial charge in [-0.1, -0.05) is 37.2 Å². The summed E-state index contributed by atoms with van der Waals surface area (Å²) < 4.78 is 7.32. The summed E-state index contributed by atoms with van der Waals surface area (Å²) in [5.74, 6) is 0.149. The van der Waals surface area contributed by atoms with Gasteiger partial charge in [-0.25, -0.2) is 4.98 Å². The molecule has 6 nitrogen and oxygen atoms in total. The van der Waals surface area contributed by atoms with E-state index in [2.05, 4.69) is 24.4 Å². The molecule has 5 rings (SSSR count). The molecule has 2 aliphatic rings. The van der Waals surface area contributed by atoms with Crippen LogP contribution in [0.3, 0.4) is 0 Å². The summed E-state index contributed by atoms with van der Waals surface area (Å²) in [7, 11) is 0. The van der Waals surface area contributed by atoms with E-state index in [1.165, 1.54) is 34.2 Å². The fourth-order valence-electron chi connectivity index (χ4n) is 4.92. The second kappa shape index (κ2) is 11.3. The highest BCUT2D eigenvalue weighted by atomic mass is 32.2. The molecule has 3 aromatic rings. The molecule has 1 atom stereocenters. The minimum atomic E-state index is -0.0632. The molecule has 0 saturated carbocycles. The largest absolute Gasteiger partial charge is 0.376 e. The summed E-state index contributed by atoms with van der Waals surface area (Å²) in [5.41, 5.74) is 3.25. The number of rotatable bonds is 9. The van der Waals surface area contributed by atoms with Crippen molar-refractivity contribution in [2.45, 2.75) is 76.0 Å². The zero-order chi connectivity index (χ0) is 24.2. The van der Waals surface area contributed by atoms with Crippen LogP contribution in [0, 0.1) is 0 Å². The van der Waals surface area contributed by atoms with Crippen LogP contribution in [0.1, 0.15) is 61.5 Å². The van der Waals surface area contributed by atoms with Crippen LogP contribution in [0.15, 0.2) is 34.2 Å². The van der Waals surface area contributed by atoms with Gasteiger partial charge in [0, 0.05) is 18.0 Å². The van der Waals surface area contributed by atoms with E-state index in [4.69, 9.17) is 9.72 Å². The molecule has 1 fully saturated rings. The maximum absolute atomic E-state index is 13.9. The lowest BCUT2D eigenvalue weighted by Gasteiger charge is -2.14. The van der Waals surface area contributed by atoms with Gasteiger partial charge in [0.1, 0.15) is 4.83 Å². The van der Waals surface area contributed by atoms with E-state index in [-0.39, 0.29) is 23.3 Å². The van der Waals surface area contributed by atoms with E-state index < -0.39 is 0 Å². The molecular formula is C27H33N3O3S2. The van der Waals surface area contributed by atoms with Crippen molar-refractivity contribution < 1.29 is 9.53 Å². The van der Waals surface area contributed by atoms with E-state index in [0.717, 1.165) is 73.9 Å². The van der Waals surface area contributed by atoms with Crippen molar-refractivity contribution in [1.82, 2.24) is 14.9 Å². The molecule has 3 heterocycles. The predicted molar refractivity (Wildman–Crippen MR) is 143 cm³/mol. The number of unbranched alkanes of at least 4 members (excludes halogenated alkanes) is 1. The molecule has 1 aliphatic heterocycles. The Morgan fingerprint density at radius 1 is 1.23 bits per heavy atom. The van der Waals surface area contributed by atoms with Gasteiger partial charge < -0.3 is 10.1 Å². The molecule has 1 amide bonds. The van der Waals surface area contributed by atoms with Crippen molar-refractivity contribution in [2.75, 3.05) is 18.9 Å². The van der Waals surface area contributed by atoms with Crippen LogP contribution in [0.5, 0.6) is 0 Å². The lowest BCUT2D eigenvalue weighted by molar-refractivity contribution is -0.119. The van der Waals surface area contributed by atoms with Crippen LogP contribution in [0.2, 0.25) is 0 Å². The third kappa shape index (κ3) is 5.49. The number of aromatic nitrogens is 2. The Kier molecular flexibility index (Phi) is 7.90. The maximum Gasteiger partial charge on any atom is 0.267 e. The van der Waals surface area contributed by atoms with Crippen molar-refractivity contribution in [1.29, 1.82) is 0 Å². The summed E-state index contributed by atoms with van der Waals surface area (Å²) in [6.45, 7) is 3.50. The molecule has 1 N–H and O–H groups in total. The Morgan fingerprint density at radius 3 is 2.83 bits per heavy atom. The van der Waals surface area contributed by atoms with Gasteiger partial charge in [-0.2, -0.15) is 0 Å². The molecule has 1 aliphatic carbocycles. The number of ether oxygens (including phenoxy) is 1. The number of thiophene rings is 1. The number of hydrogen-bond donors (Lipinski definition) is 1. The number of thioether (sulfide) groups is 1. The van der Waals surface area contributed by atoms with Gasteiger partial charge in [0.15, 0.2) is 5.16 Å². The summed E-state index contributed by atoms with van der Waals surface area (Å²) in [6.07, 6.45) is 9.74. The van der Waals surface area contributed by atoms with Crippen LogP contribution < -0.4 is 10.9 Å². The number of aryl methyl sites for hydroxylation is 3. The Bertz CT molecular complexity index is 1240. The number of carbonyl (C=O) groups is 1. The third-order valence-electron chi connectivity index (χ3n) is 6.85. The smallest absolute Gasteiger partial charge is 0.267 e. The molecule has 0 spiro atoms. The second-order valence-electron chi connectivity index (χ2n) is 9.42. The lowest BCUT2D eigenvalue weighted by atomic mass is 9.97. The minimum absolute atomic E-state index is 0.0158. The average molecular weight is 512 g/mol. The summed E-state index contributed by atoms with van der Waals surface area (Å²) >= 11 is 2.98. The third-order valence-corrected chi connectivity index (χ3v) is 8.98. The van der Waals surface area contributed by atoms with Crippen LogP contribution in [-0.2, 0) is 28.8 Å². The van der Waals surface area contributed by atoms with Gasteiger partial charge in [0.05, 0.1) is 22.9 Å². The Morgan fingerprint density at radius 2 is 2.06 bits per heavy atom. The summed E-state index contributed by atoms with van der Waals surface area (Å²) in [5, 5.41) is 4.32. The average Bonchev–Trinajstić information content (AvgIpc) is 3.53. The highest BCUT2D eigenvalue weighted by molar-refractivity contribution is 7.99.